The molecule has 2 rings (SSSR count). The van der Waals surface area contributed by atoms with Crippen LogP contribution in [-0.2, 0) is 0 Å². The zero-order valence-corrected chi connectivity index (χ0v) is 12.6. The maximum atomic E-state index is 13.6. The first kappa shape index (κ1) is 15.0. The van der Waals surface area contributed by atoms with E-state index in [1.807, 2.05) is 21.0 Å². The Kier molecular flexibility index (Phi) is 4.52. The number of anilines is 4. The third-order valence-corrected chi connectivity index (χ3v) is 2.79. The van der Waals surface area contributed by atoms with Crippen molar-refractivity contribution in [2.75, 3.05) is 36.2 Å². The molecule has 1 aromatic carbocycles. The highest BCUT2D eigenvalue weighted by molar-refractivity contribution is 5.56. The number of hydrogen-bond acceptors (Lipinski definition) is 6. The molecule has 0 radical (unpaired) electrons. The molecule has 0 spiro atoms. The molecule has 0 amide bonds. The van der Waals surface area contributed by atoms with Gasteiger partial charge in [0.05, 0.1) is 0 Å². The van der Waals surface area contributed by atoms with Gasteiger partial charge in [0, 0.05) is 26.3 Å². The van der Waals surface area contributed by atoms with E-state index in [-0.39, 0.29) is 5.82 Å². The second-order valence-electron chi connectivity index (χ2n) is 4.80. The molecule has 0 bridgehead atoms. The summed E-state index contributed by atoms with van der Waals surface area (Å²) in [6.07, 6.45) is 0. The van der Waals surface area contributed by atoms with Gasteiger partial charge < -0.3 is 15.5 Å². The maximum absolute atomic E-state index is 13.6. The fraction of sp³-hybridized carbons (Fsp3) is 0.357. The second-order valence-corrected chi connectivity index (χ2v) is 4.80. The minimum atomic E-state index is -0.270. The van der Waals surface area contributed by atoms with Gasteiger partial charge in [0.1, 0.15) is 5.82 Å². The summed E-state index contributed by atoms with van der Waals surface area (Å²) in [6.45, 7) is 4.38. The van der Waals surface area contributed by atoms with Crippen LogP contribution in [0.3, 0.4) is 0 Å². The quantitative estimate of drug-likeness (QED) is 0.882. The van der Waals surface area contributed by atoms with Gasteiger partial charge in [-0.25, -0.2) is 4.39 Å². The van der Waals surface area contributed by atoms with Crippen LogP contribution in [0.5, 0.6) is 0 Å². The molecule has 0 atom stereocenters. The van der Waals surface area contributed by atoms with Crippen molar-refractivity contribution in [2.24, 2.45) is 0 Å². The molecule has 0 fully saturated rings. The highest BCUT2D eigenvalue weighted by Crippen LogP contribution is 2.19. The maximum Gasteiger partial charge on any atom is 0.233 e. The van der Waals surface area contributed by atoms with Crippen molar-refractivity contribution in [3.63, 3.8) is 0 Å². The molecule has 0 saturated heterocycles. The molecule has 2 N–H and O–H groups in total. The van der Waals surface area contributed by atoms with Crippen LogP contribution in [0.2, 0.25) is 0 Å². The van der Waals surface area contributed by atoms with Crippen molar-refractivity contribution >= 4 is 23.5 Å². The molecular formula is C14H19FN6. The number of nitrogens with zero attached hydrogens (tertiary/aromatic N) is 4. The molecule has 0 unspecified atom stereocenters. The molecular weight excluding hydrogens is 271 g/mol. The molecule has 21 heavy (non-hydrogen) atoms. The Bertz CT molecular complexity index is 629. The van der Waals surface area contributed by atoms with Gasteiger partial charge in [0.2, 0.25) is 17.8 Å². The van der Waals surface area contributed by atoms with Crippen molar-refractivity contribution in [1.82, 2.24) is 15.0 Å². The van der Waals surface area contributed by atoms with E-state index in [2.05, 4.69) is 25.6 Å². The summed E-state index contributed by atoms with van der Waals surface area (Å²) in [7, 11) is 3.70. The van der Waals surface area contributed by atoms with Crippen LogP contribution in [0, 0.1) is 12.7 Å². The van der Waals surface area contributed by atoms with E-state index in [0.717, 1.165) is 0 Å². The van der Waals surface area contributed by atoms with E-state index in [4.69, 9.17) is 0 Å². The molecule has 2 aromatic rings. The number of aromatic nitrogens is 3. The van der Waals surface area contributed by atoms with E-state index in [1.165, 1.54) is 6.07 Å². The van der Waals surface area contributed by atoms with Gasteiger partial charge in [-0.2, -0.15) is 15.0 Å². The monoisotopic (exact) mass is 290 g/mol. The van der Waals surface area contributed by atoms with Crippen LogP contribution in [0.25, 0.3) is 0 Å². The van der Waals surface area contributed by atoms with Crippen LogP contribution < -0.4 is 15.5 Å². The van der Waals surface area contributed by atoms with E-state index in [1.54, 1.807) is 24.0 Å². The molecule has 1 aromatic heterocycles. The predicted molar refractivity (Wildman–Crippen MR) is 82.7 cm³/mol. The average molecular weight is 290 g/mol. The van der Waals surface area contributed by atoms with Crippen molar-refractivity contribution in [3.8, 4) is 0 Å². The van der Waals surface area contributed by atoms with E-state index in [0.29, 0.717) is 35.6 Å². The van der Waals surface area contributed by atoms with Crippen LogP contribution >= 0.6 is 0 Å². The molecule has 0 aliphatic rings. The number of rotatable bonds is 5. The van der Waals surface area contributed by atoms with Gasteiger partial charge in [-0.05, 0) is 31.5 Å². The Morgan fingerprint density at radius 2 is 1.86 bits per heavy atom. The summed E-state index contributed by atoms with van der Waals surface area (Å²) in [5.41, 5.74) is 1.19. The lowest BCUT2D eigenvalue weighted by atomic mass is 10.2. The molecule has 7 heteroatoms. The van der Waals surface area contributed by atoms with E-state index in [9.17, 15) is 4.39 Å². The SMILES string of the molecule is CCNc1nc(Nc2ccc(C)c(F)c2)nc(N(C)C)n1. The number of nitrogens with one attached hydrogen (secondary N) is 2. The number of benzene rings is 1. The number of aryl methyl sites for hydroxylation is 1. The summed E-state index contributed by atoms with van der Waals surface area (Å²) >= 11 is 0. The van der Waals surface area contributed by atoms with E-state index < -0.39 is 0 Å². The zero-order valence-electron chi connectivity index (χ0n) is 12.6. The average Bonchev–Trinajstić information content (AvgIpc) is 2.43. The van der Waals surface area contributed by atoms with Gasteiger partial charge in [0.15, 0.2) is 0 Å². The Morgan fingerprint density at radius 3 is 2.48 bits per heavy atom. The number of hydrogen-bond donors (Lipinski definition) is 2. The van der Waals surface area contributed by atoms with Gasteiger partial charge in [0.25, 0.3) is 0 Å². The van der Waals surface area contributed by atoms with Crippen LogP contribution in [0.1, 0.15) is 12.5 Å². The lowest BCUT2D eigenvalue weighted by Crippen LogP contribution is -2.16. The highest BCUT2D eigenvalue weighted by atomic mass is 19.1. The van der Waals surface area contributed by atoms with Crippen molar-refractivity contribution < 1.29 is 4.39 Å². The minimum Gasteiger partial charge on any atom is -0.354 e. The van der Waals surface area contributed by atoms with E-state index >= 15 is 0 Å². The third-order valence-electron chi connectivity index (χ3n) is 2.79. The van der Waals surface area contributed by atoms with Gasteiger partial charge in [-0.1, -0.05) is 6.07 Å². The predicted octanol–water partition coefficient (Wildman–Crippen LogP) is 2.56. The van der Waals surface area contributed by atoms with Crippen LogP contribution in [0.15, 0.2) is 18.2 Å². The largest absolute Gasteiger partial charge is 0.354 e. The highest BCUT2D eigenvalue weighted by Gasteiger charge is 2.08. The second kappa shape index (κ2) is 6.34. The lowest BCUT2D eigenvalue weighted by Gasteiger charge is -2.14. The molecule has 1 heterocycles. The lowest BCUT2D eigenvalue weighted by molar-refractivity contribution is 0.619. The molecule has 112 valence electrons. The van der Waals surface area contributed by atoms with Gasteiger partial charge in [-0.15, -0.1) is 0 Å². The Balaban J connectivity index is 2.31. The summed E-state index contributed by atoms with van der Waals surface area (Å²) in [5, 5.41) is 6.04. The minimum absolute atomic E-state index is 0.270. The smallest absolute Gasteiger partial charge is 0.233 e. The first-order valence-corrected chi connectivity index (χ1v) is 6.70. The fourth-order valence-corrected chi connectivity index (χ4v) is 1.66. The standard InChI is InChI=1S/C14H19FN6/c1-5-16-12-18-13(20-14(19-12)21(3)4)17-10-7-6-9(2)11(15)8-10/h6-8H,5H2,1-4H3,(H2,16,17,18,19,20). The van der Waals surface area contributed by atoms with Crippen molar-refractivity contribution in [2.45, 2.75) is 13.8 Å². The van der Waals surface area contributed by atoms with Gasteiger partial charge >= 0.3 is 0 Å². The van der Waals surface area contributed by atoms with Gasteiger partial charge in [-0.3, -0.25) is 0 Å². The normalized spacial score (nSPS) is 10.3. The molecule has 0 aliphatic carbocycles. The Hall–Kier alpha value is -2.44. The Morgan fingerprint density at radius 1 is 1.14 bits per heavy atom. The summed E-state index contributed by atoms with van der Waals surface area (Å²) in [4.78, 5) is 14.6. The summed E-state index contributed by atoms with van der Waals surface area (Å²) in [5.74, 6) is 1.10. The van der Waals surface area contributed by atoms with Crippen molar-refractivity contribution in [1.29, 1.82) is 0 Å². The first-order chi connectivity index (χ1) is 9.99. The molecule has 0 saturated carbocycles. The molecule has 6 nitrogen and oxygen atoms in total. The Labute approximate surface area is 123 Å². The van der Waals surface area contributed by atoms with Crippen LogP contribution in [0.4, 0.5) is 27.9 Å². The molecule has 0 aliphatic heterocycles. The fourth-order valence-electron chi connectivity index (χ4n) is 1.66. The number of halogens is 1. The third kappa shape index (κ3) is 3.77. The van der Waals surface area contributed by atoms with Crippen LogP contribution in [-0.4, -0.2) is 35.6 Å². The topological polar surface area (TPSA) is 66.0 Å². The summed E-state index contributed by atoms with van der Waals surface area (Å²) < 4.78 is 13.6. The van der Waals surface area contributed by atoms with Crippen molar-refractivity contribution in [3.05, 3.63) is 29.6 Å². The first-order valence-electron chi connectivity index (χ1n) is 6.70. The summed E-state index contributed by atoms with van der Waals surface area (Å²) in [6, 6.07) is 4.91. The zero-order chi connectivity index (χ0) is 15.4.